The van der Waals surface area contributed by atoms with Crippen molar-refractivity contribution in [3.8, 4) is 11.5 Å². The molecule has 2 fully saturated rings. The smallest absolute Gasteiger partial charge is 0.161 e. The van der Waals surface area contributed by atoms with Gasteiger partial charge in [-0.25, -0.2) is 0 Å². The molecule has 1 saturated heterocycles. The Labute approximate surface area is 137 Å². The Morgan fingerprint density at radius 3 is 2.61 bits per heavy atom. The van der Waals surface area contributed by atoms with Crippen LogP contribution in [-0.4, -0.2) is 38.0 Å². The van der Waals surface area contributed by atoms with Gasteiger partial charge in [-0.3, -0.25) is 9.69 Å². The first kappa shape index (κ1) is 15.0. The van der Waals surface area contributed by atoms with Crippen LogP contribution in [0, 0.1) is 11.8 Å². The molecule has 124 valence electrons. The standard InChI is InChI=1S/C19H25NO3/c1-22-18-8-13-5-6-20-11-14(7-12-3-4-12)17(21)10-16(20)15(13)9-19(18)23-2/h8-9,12,14,16H,3-7,10-11H2,1-2H3. The van der Waals surface area contributed by atoms with Gasteiger partial charge in [-0.05, 0) is 42.0 Å². The summed E-state index contributed by atoms with van der Waals surface area (Å²) < 4.78 is 10.9. The number of piperidine rings is 1. The maximum atomic E-state index is 12.6. The quantitative estimate of drug-likeness (QED) is 0.856. The zero-order valence-corrected chi connectivity index (χ0v) is 14.0. The van der Waals surface area contributed by atoms with Gasteiger partial charge >= 0.3 is 0 Å². The maximum Gasteiger partial charge on any atom is 0.161 e. The number of carbonyl (C=O) groups excluding carboxylic acids is 1. The monoisotopic (exact) mass is 315 g/mol. The van der Waals surface area contributed by atoms with E-state index in [9.17, 15) is 4.79 Å². The van der Waals surface area contributed by atoms with Crippen molar-refractivity contribution in [1.82, 2.24) is 4.90 Å². The molecule has 0 spiro atoms. The van der Waals surface area contributed by atoms with E-state index in [1.54, 1.807) is 14.2 Å². The summed E-state index contributed by atoms with van der Waals surface area (Å²) in [5.41, 5.74) is 2.56. The number of nitrogens with zero attached hydrogens (tertiary/aromatic N) is 1. The first-order valence-electron chi connectivity index (χ1n) is 8.71. The van der Waals surface area contributed by atoms with Crippen molar-refractivity contribution >= 4 is 5.78 Å². The molecule has 3 aliphatic rings. The lowest BCUT2D eigenvalue weighted by atomic mass is 9.81. The van der Waals surface area contributed by atoms with Gasteiger partial charge in [-0.15, -0.1) is 0 Å². The summed E-state index contributed by atoms with van der Waals surface area (Å²) in [7, 11) is 3.34. The van der Waals surface area contributed by atoms with Crippen molar-refractivity contribution < 1.29 is 14.3 Å². The minimum atomic E-state index is 0.224. The number of benzene rings is 1. The summed E-state index contributed by atoms with van der Waals surface area (Å²) in [5.74, 6) is 3.09. The van der Waals surface area contributed by atoms with Gasteiger partial charge in [0.05, 0.1) is 14.2 Å². The van der Waals surface area contributed by atoms with Crippen LogP contribution in [-0.2, 0) is 11.2 Å². The third-order valence-corrected chi connectivity index (χ3v) is 5.73. The summed E-state index contributed by atoms with van der Waals surface area (Å²) in [6, 6.07) is 4.40. The lowest BCUT2D eigenvalue weighted by Crippen LogP contribution is -2.46. The average Bonchev–Trinajstić information content (AvgIpc) is 3.38. The van der Waals surface area contributed by atoms with Crippen LogP contribution in [0.2, 0.25) is 0 Å². The average molecular weight is 315 g/mol. The lowest BCUT2D eigenvalue weighted by Gasteiger charge is -2.43. The fraction of sp³-hybridized carbons (Fsp3) is 0.632. The van der Waals surface area contributed by atoms with E-state index in [4.69, 9.17) is 9.47 Å². The molecular formula is C19H25NO3. The Balaban J connectivity index is 1.61. The van der Waals surface area contributed by atoms with Gasteiger partial charge in [0.15, 0.2) is 11.5 Å². The SMILES string of the molecule is COc1cc2c(cc1OC)C1CC(=O)C(CC3CC3)CN1CC2. The Hall–Kier alpha value is -1.55. The number of hydrogen-bond acceptors (Lipinski definition) is 4. The highest BCUT2D eigenvalue weighted by atomic mass is 16.5. The Morgan fingerprint density at radius 2 is 1.91 bits per heavy atom. The number of carbonyl (C=O) groups is 1. The van der Waals surface area contributed by atoms with Crippen LogP contribution in [0.15, 0.2) is 12.1 Å². The van der Waals surface area contributed by atoms with Crippen molar-refractivity contribution in [1.29, 1.82) is 0 Å². The fourth-order valence-electron chi connectivity index (χ4n) is 4.24. The molecule has 2 atom stereocenters. The Bertz CT molecular complexity index is 623. The minimum Gasteiger partial charge on any atom is -0.493 e. The number of rotatable bonds is 4. The predicted molar refractivity (Wildman–Crippen MR) is 88.0 cm³/mol. The lowest BCUT2D eigenvalue weighted by molar-refractivity contribution is -0.129. The van der Waals surface area contributed by atoms with E-state index >= 15 is 0 Å². The first-order valence-corrected chi connectivity index (χ1v) is 8.71. The van der Waals surface area contributed by atoms with Crippen molar-refractivity contribution in [3.05, 3.63) is 23.3 Å². The molecule has 1 aromatic carbocycles. The van der Waals surface area contributed by atoms with Crippen LogP contribution in [0.4, 0.5) is 0 Å². The number of ketones is 1. The van der Waals surface area contributed by atoms with E-state index < -0.39 is 0 Å². The predicted octanol–water partition coefficient (Wildman–Crippen LogP) is 2.99. The zero-order chi connectivity index (χ0) is 16.0. The van der Waals surface area contributed by atoms with Crippen LogP contribution in [0.1, 0.15) is 42.9 Å². The molecule has 2 aliphatic heterocycles. The molecule has 0 bridgehead atoms. The second-order valence-corrected chi connectivity index (χ2v) is 7.21. The molecule has 0 N–H and O–H groups in total. The molecule has 4 rings (SSSR count). The largest absolute Gasteiger partial charge is 0.493 e. The highest BCUT2D eigenvalue weighted by Gasteiger charge is 2.40. The topological polar surface area (TPSA) is 38.8 Å². The van der Waals surface area contributed by atoms with Crippen LogP contribution in [0.25, 0.3) is 0 Å². The van der Waals surface area contributed by atoms with Crippen LogP contribution >= 0.6 is 0 Å². The van der Waals surface area contributed by atoms with Crippen molar-refractivity contribution in [3.63, 3.8) is 0 Å². The molecule has 0 aromatic heterocycles. The fourth-order valence-corrected chi connectivity index (χ4v) is 4.24. The third kappa shape index (κ3) is 2.74. The van der Waals surface area contributed by atoms with Crippen LogP contribution in [0.5, 0.6) is 11.5 Å². The molecule has 4 heteroatoms. The second-order valence-electron chi connectivity index (χ2n) is 7.21. The van der Waals surface area contributed by atoms with E-state index in [0.29, 0.717) is 12.2 Å². The first-order chi connectivity index (χ1) is 11.2. The van der Waals surface area contributed by atoms with Crippen molar-refractivity contribution in [2.45, 2.75) is 38.1 Å². The van der Waals surface area contributed by atoms with Crippen molar-refractivity contribution in [2.75, 3.05) is 27.3 Å². The molecule has 1 aliphatic carbocycles. The maximum absolute atomic E-state index is 12.6. The van der Waals surface area contributed by atoms with Crippen LogP contribution < -0.4 is 9.47 Å². The van der Waals surface area contributed by atoms with Gasteiger partial charge < -0.3 is 9.47 Å². The zero-order valence-electron chi connectivity index (χ0n) is 14.0. The van der Waals surface area contributed by atoms with Gasteiger partial charge in [0, 0.05) is 31.5 Å². The van der Waals surface area contributed by atoms with E-state index in [2.05, 4.69) is 17.0 Å². The summed E-state index contributed by atoms with van der Waals surface area (Å²) in [4.78, 5) is 15.1. The van der Waals surface area contributed by atoms with E-state index in [1.165, 1.54) is 24.0 Å². The van der Waals surface area contributed by atoms with Gasteiger partial charge in [-0.1, -0.05) is 12.8 Å². The molecule has 23 heavy (non-hydrogen) atoms. The molecule has 1 aromatic rings. The molecule has 0 radical (unpaired) electrons. The normalized spacial score (nSPS) is 27.3. The number of fused-ring (bicyclic) bond motifs is 3. The van der Waals surface area contributed by atoms with E-state index in [0.717, 1.165) is 43.3 Å². The molecule has 1 saturated carbocycles. The summed E-state index contributed by atoms with van der Waals surface area (Å²) in [6.07, 6.45) is 5.44. The molecule has 2 heterocycles. The van der Waals surface area contributed by atoms with Gasteiger partial charge in [0.1, 0.15) is 5.78 Å². The molecular weight excluding hydrogens is 290 g/mol. The van der Waals surface area contributed by atoms with E-state index in [-0.39, 0.29) is 12.0 Å². The van der Waals surface area contributed by atoms with Crippen LogP contribution in [0.3, 0.4) is 0 Å². The molecule has 0 amide bonds. The second kappa shape index (κ2) is 5.82. The molecule has 4 nitrogen and oxygen atoms in total. The summed E-state index contributed by atoms with van der Waals surface area (Å²) in [6.45, 7) is 1.98. The van der Waals surface area contributed by atoms with Crippen molar-refractivity contribution in [2.24, 2.45) is 11.8 Å². The summed E-state index contributed by atoms with van der Waals surface area (Å²) in [5, 5.41) is 0. The Kier molecular flexibility index (Phi) is 3.80. The van der Waals surface area contributed by atoms with Gasteiger partial charge in [-0.2, -0.15) is 0 Å². The third-order valence-electron chi connectivity index (χ3n) is 5.73. The number of Topliss-reactive ketones (excluding diaryl/α,β-unsaturated/α-hetero) is 1. The highest BCUT2D eigenvalue weighted by Crippen LogP contribution is 2.44. The molecule has 2 unspecified atom stereocenters. The summed E-state index contributed by atoms with van der Waals surface area (Å²) >= 11 is 0. The van der Waals surface area contributed by atoms with Gasteiger partial charge in [0.25, 0.3) is 0 Å². The number of methoxy groups -OCH3 is 2. The number of ether oxygens (including phenoxy) is 2. The van der Waals surface area contributed by atoms with Gasteiger partial charge in [0.2, 0.25) is 0 Å². The van der Waals surface area contributed by atoms with E-state index in [1.807, 2.05) is 0 Å². The highest BCUT2D eigenvalue weighted by molar-refractivity contribution is 5.83. The Morgan fingerprint density at radius 1 is 1.17 bits per heavy atom. The number of hydrogen-bond donors (Lipinski definition) is 0. The minimum absolute atomic E-state index is 0.224.